The predicted octanol–water partition coefficient (Wildman–Crippen LogP) is -0.343. The minimum absolute atomic E-state index is 0.0592. The van der Waals surface area contributed by atoms with Crippen molar-refractivity contribution in [2.45, 2.75) is 22.6 Å². The molecule has 0 radical (unpaired) electrons. The summed E-state index contributed by atoms with van der Waals surface area (Å²) in [5, 5.41) is 2.74. The third-order valence-electron chi connectivity index (χ3n) is 4.16. The molecule has 0 saturated carbocycles. The van der Waals surface area contributed by atoms with E-state index in [1.54, 1.807) is 25.2 Å². The van der Waals surface area contributed by atoms with E-state index in [2.05, 4.69) is 5.32 Å². The highest BCUT2D eigenvalue weighted by molar-refractivity contribution is 7.93. The molecule has 122 valence electrons. The first-order valence-corrected chi connectivity index (χ1v) is 9.38. The molecule has 0 bridgehead atoms. The van der Waals surface area contributed by atoms with Gasteiger partial charge in [0.15, 0.2) is 4.87 Å². The molecule has 2 aliphatic rings. The van der Waals surface area contributed by atoms with Gasteiger partial charge in [0, 0.05) is 13.1 Å². The summed E-state index contributed by atoms with van der Waals surface area (Å²) in [6.07, 6.45) is 0. The molecule has 1 N–H and O–H groups in total. The lowest BCUT2D eigenvalue weighted by molar-refractivity contribution is -0.267. The van der Waals surface area contributed by atoms with Crippen LogP contribution in [0, 0.1) is 0 Å². The minimum Gasteiger partial charge on any atom is -0.281 e. The van der Waals surface area contributed by atoms with Crippen LogP contribution in [-0.2, 0) is 28.6 Å². The Morgan fingerprint density at radius 1 is 1.23 bits per heavy atom. The zero-order valence-electron chi connectivity index (χ0n) is 12.0. The number of piperazine rings is 1. The number of hydrogen-bond acceptors (Lipinski definition) is 8. The average molecular weight is 348 g/mol. The first kappa shape index (κ1) is 15.8. The monoisotopic (exact) mass is 348 g/mol. The molecule has 2 fully saturated rings. The van der Waals surface area contributed by atoms with Crippen molar-refractivity contribution in [2.75, 3.05) is 20.1 Å². The van der Waals surface area contributed by atoms with Gasteiger partial charge in [0.05, 0.1) is 4.90 Å². The summed E-state index contributed by atoms with van der Waals surface area (Å²) in [5.41, 5.74) is 0. The van der Waals surface area contributed by atoms with E-state index in [1.165, 1.54) is 24.0 Å². The Kier molecular flexibility index (Phi) is 3.40. The maximum absolute atomic E-state index is 13.1. The van der Waals surface area contributed by atoms with Crippen LogP contribution in [0.25, 0.3) is 0 Å². The van der Waals surface area contributed by atoms with E-state index < -0.39 is 31.0 Å². The Balaban J connectivity index is 2.16. The van der Waals surface area contributed by atoms with Crippen molar-refractivity contribution >= 4 is 20.2 Å². The van der Waals surface area contributed by atoms with Crippen molar-refractivity contribution in [3.05, 3.63) is 30.3 Å². The van der Waals surface area contributed by atoms with Crippen LogP contribution in [0.5, 0.6) is 0 Å². The van der Waals surface area contributed by atoms with Gasteiger partial charge in [-0.05, 0) is 26.1 Å². The highest BCUT2D eigenvalue weighted by Gasteiger charge is 2.72. The lowest BCUT2D eigenvalue weighted by Crippen LogP contribution is -2.82. The van der Waals surface area contributed by atoms with Gasteiger partial charge in [-0.3, -0.25) is 10.2 Å². The number of nitrogens with one attached hydrogen (secondary N) is 1. The molecule has 2 heterocycles. The van der Waals surface area contributed by atoms with Gasteiger partial charge in [-0.25, -0.2) is 8.42 Å². The molecular weight excluding hydrogens is 332 g/mol. The van der Waals surface area contributed by atoms with Gasteiger partial charge in [-0.1, -0.05) is 18.2 Å². The summed E-state index contributed by atoms with van der Waals surface area (Å²) in [7, 11) is -6.58. The molecule has 0 amide bonds. The van der Waals surface area contributed by atoms with Crippen molar-refractivity contribution in [2.24, 2.45) is 0 Å². The molecule has 1 aromatic carbocycles. The van der Waals surface area contributed by atoms with E-state index in [1.807, 2.05) is 0 Å². The summed E-state index contributed by atoms with van der Waals surface area (Å²) >= 11 is 0. The fourth-order valence-electron chi connectivity index (χ4n) is 2.74. The largest absolute Gasteiger partial charge is 0.407 e. The molecule has 3 rings (SSSR count). The molecule has 1 unspecified atom stereocenters. The lowest BCUT2D eigenvalue weighted by Gasteiger charge is -2.56. The Labute approximate surface area is 129 Å². The second-order valence-electron chi connectivity index (χ2n) is 5.34. The number of likely N-dealkylation sites (N-methyl/N-ethyl adjacent to an activating group) is 1. The summed E-state index contributed by atoms with van der Waals surface area (Å²) in [6.45, 7) is 2.10. The fraction of sp³-hybridized carbons (Fsp3) is 0.500. The number of rotatable bonds is 2. The first-order valence-electron chi connectivity index (χ1n) is 6.57. The van der Waals surface area contributed by atoms with Crippen LogP contribution in [-0.4, -0.2) is 52.7 Å². The van der Waals surface area contributed by atoms with Crippen molar-refractivity contribution in [3.63, 3.8) is 0 Å². The number of benzene rings is 1. The van der Waals surface area contributed by atoms with Crippen LogP contribution in [0.2, 0.25) is 0 Å². The molecule has 1 spiro atoms. The standard InChI is InChI=1S/C12H16N2O6S2/c1-11(21(15,16)10-6-4-3-5-7-10)12(13-8-9-14(11)2)19-22(17,18)20-12/h3-7,13H,8-9H2,1-2H3. The van der Waals surface area contributed by atoms with Gasteiger partial charge in [0.25, 0.3) is 5.91 Å². The smallest absolute Gasteiger partial charge is 0.281 e. The van der Waals surface area contributed by atoms with Crippen molar-refractivity contribution < 1.29 is 25.2 Å². The fourth-order valence-corrected chi connectivity index (χ4v) is 5.86. The third-order valence-corrected chi connectivity index (χ3v) is 7.56. The van der Waals surface area contributed by atoms with Crippen LogP contribution in [0.3, 0.4) is 0 Å². The molecule has 10 heteroatoms. The molecule has 22 heavy (non-hydrogen) atoms. The maximum atomic E-state index is 13.1. The molecule has 2 saturated heterocycles. The molecular formula is C12H16N2O6S2. The summed E-state index contributed by atoms with van der Waals surface area (Å²) in [4.78, 5) is -0.172. The number of sulfone groups is 1. The van der Waals surface area contributed by atoms with E-state index in [0.717, 1.165) is 0 Å². The lowest BCUT2D eigenvalue weighted by atomic mass is 10.1. The van der Waals surface area contributed by atoms with E-state index in [9.17, 15) is 16.8 Å². The van der Waals surface area contributed by atoms with Crippen LogP contribution in [0.15, 0.2) is 35.2 Å². The normalized spacial score (nSPS) is 30.8. The zero-order chi connectivity index (χ0) is 16.2. The van der Waals surface area contributed by atoms with Crippen LogP contribution < -0.4 is 5.32 Å². The zero-order valence-corrected chi connectivity index (χ0v) is 13.6. The quantitative estimate of drug-likeness (QED) is 0.774. The van der Waals surface area contributed by atoms with Gasteiger partial charge in [0.2, 0.25) is 9.84 Å². The SMILES string of the molecule is CN1CCNC2(OS(=O)(=O)O2)C1(C)S(=O)(=O)c1ccccc1. The van der Waals surface area contributed by atoms with E-state index in [-0.39, 0.29) is 4.90 Å². The Bertz CT molecular complexity index is 780. The second-order valence-corrected chi connectivity index (χ2v) is 8.76. The van der Waals surface area contributed by atoms with Crippen LogP contribution >= 0.6 is 0 Å². The Hall–Kier alpha value is -1.04. The summed E-state index contributed by atoms with van der Waals surface area (Å²) in [6, 6.07) is 7.78. The van der Waals surface area contributed by atoms with Crippen molar-refractivity contribution in [3.8, 4) is 0 Å². The van der Waals surface area contributed by atoms with Gasteiger partial charge < -0.3 is 0 Å². The van der Waals surface area contributed by atoms with Gasteiger partial charge >= 0.3 is 10.4 Å². The molecule has 0 aliphatic carbocycles. The second kappa shape index (κ2) is 4.73. The highest BCUT2D eigenvalue weighted by atomic mass is 32.3. The minimum atomic E-state index is -4.18. The topological polar surface area (TPSA) is 102 Å². The first-order chi connectivity index (χ1) is 10.1. The average Bonchev–Trinajstić information content (AvgIpc) is 2.43. The van der Waals surface area contributed by atoms with Crippen LogP contribution in [0.4, 0.5) is 0 Å². The molecule has 8 nitrogen and oxygen atoms in total. The van der Waals surface area contributed by atoms with Gasteiger partial charge in [0.1, 0.15) is 0 Å². The molecule has 2 aliphatic heterocycles. The maximum Gasteiger partial charge on any atom is 0.407 e. The molecule has 1 atom stereocenters. The molecule has 0 aromatic heterocycles. The highest BCUT2D eigenvalue weighted by Crippen LogP contribution is 2.47. The van der Waals surface area contributed by atoms with Gasteiger partial charge in [-0.15, -0.1) is 0 Å². The molecule has 1 aromatic rings. The predicted molar refractivity (Wildman–Crippen MR) is 76.5 cm³/mol. The van der Waals surface area contributed by atoms with Crippen molar-refractivity contribution in [1.82, 2.24) is 10.2 Å². The van der Waals surface area contributed by atoms with Crippen LogP contribution in [0.1, 0.15) is 6.92 Å². The van der Waals surface area contributed by atoms with Gasteiger partial charge in [-0.2, -0.15) is 16.8 Å². The van der Waals surface area contributed by atoms with E-state index in [4.69, 9.17) is 8.37 Å². The van der Waals surface area contributed by atoms with Crippen molar-refractivity contribution in [1.29, 1.82) is 0 Å². The third kappa shape index (κ3) is 1.95. The Morgan fingerprint density at radius 3 is 2.36 bits per heavy atom. The van der Waals surface area contributed by atoms with E-state index in [0.29, 0.717) is 13.1 Å². The van der Waals surface area contributed by atoms with E-state index >= 15 is 0 Å². The summed E-state index contributed by atoms with van der Waals surface area (Å²) in [5.74, 6) is -1.95. The number of hydrogen-bond donors (Lipinski definition) is 1. The number of nitrogens with zero attached hydrogens (tertiary/aromatic N) is 1. The summed E-state index contributed by atoms with van der Waals surface area (Å²) < 4.78 is 58.6. The Morgan fingerprint density at radius 2 is 1.82 bits per heavy atom.